The number of piperazine rings is 1. The normalized spacial score (nSPS) is 18.0. The van der Waals surface area contributed by atoms with Crippen molar-refractivity contribution in [3.63, 3.8) is 0 Å². The van der Waals surface area contributed by atoms with Gasteiger partial charge in [-0.1, -0.05) is 18.2 Å². The van der Waals surface area contributed by atoms with Crippen LogP contribution in [0.4, 0.5) is 10.1 Å². The quantitative estimate of drug-likeness (QED) is 0.874. The predicted octanol–water partition coefficient (Wildman–Crippen LogP) is 3.16. The van der Waals surface area contributed by atoms with Gasteiger partial charge in [0.2, 0.25) is 6.79 Å². The topological polar surface area (TPSA) is 37.0 Å². The molecule has 1 unspecified atom stereocenters. The van der Waals surface area contributed by atoms with Gasteiger partial charge in [0, 0.05) is 44.3 Å². The third kappa shape index (κ3) is 3.87. The summed E-state index contributed by atoms with van der Waals surface area (Å²) < 4.78 is 25.7. The summed E-state index contributed by atoms with van der Waals surface area (Å²) >= 11 is 0. The molecule has 2 aliphatic heterocycles. The number of fused-ring (bicyclic) bond motifs is 1. The summed E-state index contributed by atoms with van der Waals surface area (Å²) in [4.78, 5) is 4.39. The van der Waals surface area contributed by atoms with E-state index < -0.39 is 0 Å². The van der Waals surface area contributed by atoms with Crippen molar-refractivity contribution in [1.82, 2.24) is 10.2 Å². The van der Waals surface area contributed by atoms with Crippen molar-refractivity contribution in [2.45, 2.75) is 19.5 Å². The molecule has 2 aromatic rings. The second-order valence-corrected chi connectivity index (χ2v) is 7.25. The van der Waals surface area contributed by atoms with Gasteiger partial charge in [0.05, 0.1) is 5.69 Å². The predicted molar refractivity (Wildman–Crippen MR) is 104 cm³/mol. The Labute approximate surface area is 159 Å². The number of nitrogens with one attached hydrogen (secondary N) is 1. The second kappa shape index (κ2) is 7.74. The van der Waals surface area contributed by atoms with E-state index in [1.165, 1.54) is 0 Å². The van der Waals surface area contributed by atoms with Crippen LogP contribution in [0.1, 0.15) is 24.1 Å². The number of hydrogen-bond donors (Lipinski definition) is 1. The molecule has 5 nitrogen and oxygen atoms in total. The molecular weight excluding hydrogens is 345 g/mol. The van der Waals surface area contributed by atoms with E-state index in [4.69, 9.17) is 9.47 Å². The van der Waals surface area contributed by atoms with Crippen molar-refractivity contribution < 1.29 is 13.9 Å². The molecule has 2 heterocycles. The summed E-state index contributed by atoms with van der Waals surface area (Å²) in [5.41, 5.74) is 2.69. The highest BCUT2D eigenvalue weighted by atomic mass is 19.1. The number of likely N-dealkylation sites (N-methyl/N-ethyl adjacent to an activating group) is 1. The van der Waals surface area contributed by atoms with Crippen LogP contribution in [0.25, 0.3) is 0 Å². The number of anilines is 1. The van der Waals surface area contributed by atoms with Crippen LogP contribution < -0.4 is 19.7 Å². The van der Waals surface area contributed by atoms with E-state index in [2.05, 4.69) is 22.2 Å². The molecule has 0 saturated carbocycles. The highest BCUT2D eigenvalue weighted by molar-refractivity contribution is 5.50. The first kappa shape index (κ1) is 18.1. The Bertz CT molecular complexity index is 806. The summed E-state index contributed by atoms with van der Waals surface area (Å²) in [5, 5.41) is 3.45. The Hall–Kier alpha value is -2.31. The van der Waals surface area contributed by atoms with Crippen LogP contribution in [0.15, 0.2) is 36.4 Å². The van der Waals surface area contributed by atoms with E-state index in [0.717, 1.165) is 48.8 Å². The number of nitrogens with zero attached hydrogens (tertiary/aromatic N) is 2. The van der Waals surface area contributed by atoms with Crippen LogP contribution in [0.2, 0.25) is 0 Å². The van der Waals surface area contributed by atoms with E-state index in [0.29, 0.717) is 12.2 Å². The molecule has 144 valence electrons. The fourth-order valence-electron chi connectivity index (χ4n) is 3.61. The molecule has 1 fully saturated rings. The number of ether oxygens (including phenoxy) is 2. The minimum absolute atomic E-state index is 0.0271. The molecule has 0 radical (unpaired) electrons. The Kier molecular flexibility index (Phi) is 5.18. The summed E-state index contributed by atoms with van der Waals surface area (Å²) in [6, 6.07) is 11.5. The van der Waals surface area contributed by atoms with Crippen molar-refractivity contribution in [1.29, 1.82) is 0 Å². The zero-order chi connectivity index (χ0) is 18.8. The van der Waals surface area contributed by atoms with E-state index >= 15 is 0 Å². The van der Waals surface area contributed by atoms with E-state index in [9.17, 15) is 4.39 Å². The van der Waals surface area contributed by atoms with E-state index in [-0.39, 0.29) is 18.7 Å². The number of rotatable bonds is 5. The van der Waals surface area contributed by atoms with Crippen molar-refractivity contribution in [2.75, 3.05) is 44.9 Å². The summed E-state index contributed by atoms with van der Waals surface area (Å²) in [5.74, 6) is 1.43. The molecule has 0 bridgehead atoms. The lowest BCUT2D eigenvalue weighted by atomic mass is 10.1. The first-order valence-corrected chi connectivity index (χ1v) is 9.45. The fourth-order valence-corrected chi connectivity index (χ4v) is 3.61. The van der Waals surface area contributed by atoms with Gasteiger partial charge in [-0.05, 0) is 37.7 Å². The van der Waals surface area contributed by atoms with Crippen molar-refractivity contribution in [2.24, 2.45) is 0 Å². The van der Waals surface area contributed by atoms with Gasteiger partial charge in [0.1, 0.15) is 5.82 Å². The van der Waals surface area contributed by atoms with Gasteiger partial charge in [0.15, 0.2) is 11.5 Å². The molecule has 1 N–H and O–H groups in total. The number of halogens is 1. The zero-order valence-electron chi connectivity index (χ0n) is 15.9. The molecule has 1 saturated heterocycles. The molecule has 0 aromatic heterocycles. The highest BCUT2D eigenvalue weighted by Crippen LogP contribution is 2.35. The zero-order valence-corrected chi connectivity index (χ0v) is 15.9. The molecule has 4 rings (SSSR count). The molecular formula is C21H26FN3O2. The SMILES string of the molecule is CC(NCc1cccc2c1OCO2)c1ccc(N2CCN(C)CC2)c(F)c1. The maximum Gasteiger partial charge on any atom is 0.231 e. The molecule has 27 heavy (non-hydrogen) atoms. The van der Waals surface area contributed by atoms with Crippen LogP contribution >= 0.6 is 0 Å². The molecule has 6 heteroatoms. The minimum atomic E-state index is -0.150. The van der Waals surface area contributed by atoms with Gasteiger partial charge in [-0.25, -0.2) is 4.39 Å². The molecule has 2 aliphatic rings. The molecule has 0 aliphatic carbocycles. The van der Waals surface area contributed by atoms with E-state index in [1.807, 2.05) is 37.3 Å². The molecule has 0 spiro atoms. The average molecular weight is 371 g/mol. The largest absolute Gasteiger partial charge is 0.454 e. The Morgan fingerprint density at radius 3 is 2.70 bits per heavy atom. The maximum atomic E-state index is 14.7. The van der Waals surface area contributed by atoms with Gasteiger partial charge in [-0.2, -0.15) is 0 Å². The van der Waals surface area contributed by atoms with Crippen molar-refractivity contribution in [3.8, 4) is 11.5 Å². The molecule has 0 amide bonds. The van der Waals surface area contributed by atoms with Crippen LogP contribution in [-0.4, -0.2) is 44.9 Å². The smallest absolute Gasteiger partial charge is 0.231 e. The average Bonchev–Trinajstić information content (AvgIpc) is 3.16. The van der Waals surface area contributed by atoms with Gasteiger partial charge >= 0.3 is 0 Å². The Morgan fingerprint density at radius 2 is 1.93 bits per heavy atom. The third-order valence-electron chi connectivity index (χ3n) is 5.39. The summed E-state index contributed by atoms with van der Waals surface area (Å²) in [6.45, 7) is 6.60. The van der Waals surface area contributed by atoms with Crippen LogP contribution in [0.5, 0.6) is 11.5 Å². The maximum absolute atomic E-state index is 14.7. The number of para-hydroxylation sites is 1. The lowest BCUT2D eigenvalue weighted by Gasteiger charge is -2.34. The van der Waals surface area contributed by atoms with Gasteiger partial charge in [-0.15, -0.1) is 0 Å². The van der Waals surface area contributed by atoms with Gasteiger partial charge < -0.3 is 24.6 Å². The molecule has 1 atom stereocenters. The summed E-state index contributed by atoms with van der Waals surface area (Å²) in [6.07, 6.45) is 0. The fraction of sp³-hybridized carbons (Fsp3) is 0.429. The van der Waals surface area contributed by atoms with Crippen molar-refractivity contribution in [3.05, 3.63) is 53.3 Å². The first-order chi connectivity index (χ1) is 13.1. The second-order valence-electron chi connectivity index (χ2n) is 7.25. The Morgan fingerprint density at radius 1 is 1.11 bits per heavy atom. The van der Waals surface area contributed by atoms with Crippen molar-refractivity contribution >= 4 is 5.69 Å². The minimum Gasteiger partial charge on any atom is -0.454 e. The monoisotopic (exact) mass is 371 g/mol. The molecule has 2 aromatic carbocycles. The van der Waals surface area contributed by atoms with Gasteiger partial charge in [0.25, 0.3) is 0 Å². The summed E-state index contributed by atoms with van der Waals surface area (Å²) in [7, 11) is 2.10. The number of benzene rings is 2. The van der Waals surface area contributed by atoms with E-state index in [1.54, 1.807) is 6.07 Å². The highest BCUT2D eigenvalue weighted by Gasteiger charge is 2.20. The van der Waals surface area contributed by atoms with Gasteiger partial charge in [-0.3, -0.25) is 0 Å². The Balaban J connectivity index is 1.41. The standard InChI is InChI=1S/C21H26FN3O2/c1-15(23-13-17-4-3-5-20-21(17)27-14-26-20)16-6-7-19(18(22)12-16)25-10-8-24(2)9-11-25/h3-7,12,15,23H,8-11,13-14H2,1-2H3. The third-order valence-corrected chi connectivity index (χ3v) is 5.39. The van der Waals surface area contributed by atoms with Crippen LogP contribution in [0, 0.1) is 5.82 Å². The lowest BCUT2D eigenvalue weighted by Crippen LogP contribution is -2.44. The lowest BCUT2D eigenvalue weighted by molar-refractivity contribution is 0.173. The van der Waals surface area contributed by atoms with Crippen LogP contribution in [-0.2, 0) is 6.54 Å². The van der Waals surface area contributed by atoms with Crippen LogP contribution in [0.3, 0.4) is 0 Å². The first-order valence-electron chi connectivity index (χ1n) is 9.45. The number of hydrogen-bond acceptors (Lipinski definition) is 5.